The van der Waals surface area contributed by atoms with Crippen molar-refractivity contribution in [2.24, 2.45) is 0 Å². The summed E-state index contributed by atoms with van der Waals surface area (Å²) in [6.45, 7) is 1.82. The predicted octanol–water partition coefficient (Wildman–Crippen LogP) is 1.54. The van der Waals surface area contributed by atoms with Crippen LogP contribution in [0.1, 0.15) is 5.56 Å². The van der Waals surface area contributed by atoms with Crippen LogP contribution >= 0.6 is 22.9 Å². The summed E-state index contributed by atoms with van der Waals surface area (Å²) in [6.07, 6.45) is 0. The lowest BCUT2D eigenvalue weighted by Crippen LogP contribution is -2.33. The van der Waals surface area contributed by atoms with E-state index in [1.54, 1.807) is 0 Å². The number of hydrogen-bond donors (Lipinski definition) is 2. The highest BCUT2D eigenvalue weighted by Crippen LogP contribution is 2.28. The molecular weight excluding hydrogens is 218 g/mol. The van der Waals surface area contributed by atoms with Crippen LogP contribution in [0, 0.1) is 6.92 Å². The fourth-order valence-electron chi connectivity index (χ4n) is 1.53. The van der Waals surface area contributed by atoms with Crippen LogP contribution in [0.4, 0.5) is 0 Å². The van der Waals surface area contributed by atoms with Crippen molar-refractivity contribution in [3.05, 3.63) is 28.1 Å². The summed E-state index contributed by atoms with van der Waals surface area (Å²) in [5, 5.41) is 21.7. The molecule has 0 bridgehead atoms. The molecule has 0 saturated carbocycles. The van der Waals surface area contributed by atoms with Gasteiger partial charge in [-0.1, -0.05) is 17.7 Å². The van der Waals surface area contributed by atoms with Crippen molar-refractivity contribution in [3.8, 4) is 0 Å². The minimum absolute atomic E-state index is 0.404. The molecule has 0 amide bonds. The van der Waals surface area contributed by atoms with Gasteiger partial charge in [0.15, 0.2) is 0 Å². The monoisotopic (exact) mass is 226 g/mol. The third-order valence-electron chi connectivity index (χ3n) is 2.19. The van der Waals surface area contributed by atoms with Crippen LogP contribution in [0.5, 0.6) is 0 Å². The summed E-state index contributed by atoms with van der Waals surface area (Å²) < 4.78 is 0.903. The maximum Gasteiger partial charge on any atom is 0.490 e. The second-order valence-electron chi connectivity index (χ2n) is 3.13. The van der Waals surface area contributed by atoms with Crippen LogP contribution < -0.4 is 5.46 Å². The summed E-state index contributed by atoms with van der Waals surface area (Å²) in [6, 6.07) is 3.87. The van der Waals surface area contributed by atoms with Gasteiger partial charge in [-0.05, 0) is 29.3 Å². The zero-order valence-electron chi connectivity index (χ0n) is 7.49. The van der Waals surface area contributed by atoms with Gasteiger partial charge >= 0.3 is 7.12 Å². The molecule has 2 nitrogen and oxygen atoms in total. The Kier molecular flexibility index (Phi) is 2.53. The molecule has 0 spiro atoms. The normalized spacial score (nSPS) is 10.9. The van der Waals surface area contributed by atoms with Crippen LogP contribution in [-0.2, 0) is 0 Å². The molecule has 14 heavy (non-hydrogen) atoms. The number of aryl methyl sites for hydroxylation is 1. The number of thiophene rings is 1. The van der Waals surface area contributed by atoms with Crippen molar-refractivity contribution < 1.29 is 10.0 Å². The van der Waals surface area contributed by atoms with E-state index in [4.69, 9.17) is 21.6 Å². The molecule has 1 aromatic carbocycles. The smallest absolute Gasteiger partial charge is 0.423 e. The van der Waals surface area contributed by atoms with E-state index in [2.05, 4.69) is 0 Å². The van der Waals surface area contributed by atoms with Gasteiger partial charge in [0.25, 0.3) is 0 Å². The average molecular weight is 226 g/mol. The second-order valence-corrected chi connectivity index (χ2v) is 4.43. The van der Waals surface area contributed by atoms with Crippen molar-refractivity contribution in [3.63, 3.8) is 0 Å². The lowest BCUT2D eigenvalue weighted by Gasteiger charge is -2.07. The molecule has 0 aliphatic carbocycles. The Balaban J connectivity index is 2.82. The third kappa shape index (κ3) is 1.44. The first kappa shape index (κ1) is 9.99. The molecule has 0 saturated heterocycles. The lowest BCUT2D eigenvalue weighted by atomic mass is 9.77. The van der Waals surface area contributed by atoms with Gasteiger partial charge in [-0.3, -0.25) is 0 Å². The molecule has 1 aromatic heterocycles. The molecular formula is C9H8BClO2S. The molecule has 0 aliphatic heterocycles. The van der Waals surface area contributed by atoms with Gasteiger partial charge < -0.3 is 10.0 Å². The van der Waals surface area contributed by atoms with E-state index in [-0.39, 0.29) is 0 Å². The fraction of sp³-hybridized carbons (Fsp3) is 0.111. The van der Waals surface area contributed by atoms with Gasteiger partial charge in [0.1, 0.15) is 0 Å². The first-order valence-electron chi connectivity index (χ1n) is 4.13. The van der Waals surface area contributed by atoms with Gasteiger partial charge in [0.2, 0.25) is 0 Å². The second kappa shape index (κ2) is 3.55. The summed E-state index contributed by atoms with van der Waals surface area (Å²) in [5.74, 6) is 0. The van der Waals surface area contributed by atoms with Gasteiger partial charge in [-0.15, -0.1) is 11.3 Å². The number of fused-ring (bicyclic) bond motifs is 1. The zero-order valence-corrected chi connectivity index (χ0v) is 9.06. The van der Waals surface area contributed by atoms with Crippen molar-refractivity contribution in [2.45, 2.75) is 6.92 Å². The number of halogens is 1. The van der Waals surface area contributed by atoms with Crippen LogP contribution in [0.25, 0.3) is 10.1 Å². The third-order valence-corrected chi connectivity index (χ3v) is 3.64. The Morgan fingerprint density at radius 1 is 1.43 bits per heavy atom. The van der Waals surface area contributed by atoms with Crippen molar-refractivity contribution in [1.29, 1.82) is 0 Å². The Morgan fingerprint density at radius 2 is 2.14 bits per heavy atom. The van der Waals surface area contributed by atoms with Crippen molar-refractivity contribution >= 4 is 45.6 Å². The molecule has 0 radical (unpaired) electrons. The molecule has 2 rings (SSSR count). The van der Waals surface area contributed by atoms with E-state index >= 15 is 0 Å². The Labute approximate surface area is 90.9 Å². The summed E-state index contributed by atoms with van der Waals surface area (Å²) in [7, 11) is -1.51. The number of benzene rings is 1. The highest BCUT2D eigenvalue weighted by atomic mass is 35.5. The minimum atomic E-state index is -1.51. The molecule has 0 atom stereocenters. The highest BCUT2D eigenvalue weighted by Gasteiger charge is 2.20. The predicted molar refractivity (Wildman–Crippen MR) is 61.4 cm³/mol. The standard InChI is InChI=1S/C9H8BClO2S/c1-5-4-6-2-3-14-9(6)8(11)7(5)10(12)13/h2-4,12-13H,1H3. The summed E-state index contributed by atoms with van der Waals surface area (Å²) >= 11 is 7.57. The van der Waals surface area contributed by atoms with Crippen LogP contribution in [0.2, 0.25) is 5.02 Å². The maximum absolute atomic E-state index is 9.16. The first-order chi connectivity index (χ1) is 6.61. The number of hydrogen-bond acceptors (Lipinski definition) is 3. The van der Waals surface area contributed by atoms with E-state index in [1.807, 2.05) is 24.4 Å². The van der Waals surface area contributed by atoms with Crippen LogP contribution in [0.3, 0.4) is 0 Å². The lowest BCUT2D eigenvalue weighted by molar-refractivity contribution is 0.425. The Morgan fingerprint density at radius 3 is 2.79 bits per heavy atom. The summed E-state index contributed by atoms with van der Waals surface area (Å²) in [5.41, 5.74) is 1.21. The number of rotatable bonds is 1. The van der Waals surface area contributed by atoms with Gasteiger partial charge in [-0.25, -0.2) is 0 Å². The van der Waals surface area contributed by atoms with Crippen molar-refractivity contribution in [1.82, 2.24) is 0 Å². The van der Waals surface area contributed by atoms with E-state index in [0.29, 0.717) is 10.5 Å². The Hall–Kier alpha value is -0.545. The van der Waals surface area contributed by atoms with E-state index in [9.17, 15) is 0 Å². The SMILES string of the molecule is Cc1cc2ccsc2c(Cl)c1B(O)O. The van der Waals surface area contributed by atoms with E-state index in [1.165, 1.54) is 11.3 Å². The maximum atomic E-state index is 9.16. The minimum Gasteiger partial charge on any atom is -0.423 e. The van der Waals surface area contributed by atoms with Gasteiger partial charge in [-0.2, -0.15) is 0 Å². The van der Waals surface area contributed by atoms with Crippen LogP contribution in [-0.4, -0.2) is 17.2 Å². The Bertz CT molecular complexity index is 481. The summed E-state index contributed by atoms with van der Waals surface area (Å²) in [4.78, 5) is 0. The molecule has 0 unspecified atom stereocenters. The van der Waals surface area contributed by atoms with Crippen molar-refractivity contribution in [2.75, 3.05) is 0 Å². The van der Waals surface area contributed by atoms with E-state index < -0.39 is 7.12 Å². The first-order valence-corrected chi connectivity index (χ1v) is 5.39. The van der Waals surface area contributed by atoms with Crippen LogP contribution in [0.15, 0.2) is 17.5 Å². The fourth-order valence-corrected chi connectivity index (χ4v) is 2.85. The molecule has 2 N–H and O–H groups in total. The van der Waals surface area contributed by atoms with E-state index in [0.717, 1.165) is 15.6 Å². The average Bonchev–Trinajstić information content (AvgIpc) is 2.50. The highest BCUT2D eigenvalue weighted by molar-refractivity contribution is 7.18. The molecule has 72 valence electrons. The molecule has 0 aliphatic rings. The zero-order chi connectivity index (χ0) is 10.3. The van der Waals surface area contributed by atoms with Gasteiger partial charge in [0.05, 0.1) is 9.72 Å². The molecule has 0 fully saturated rings. The molecule has 1 heterocycles. The largest absolute Gasteiger partial charge is 0.490 e. The quantitative estimate of drug-likeness (QED) is 0.724. The molecule has 5 heteroatoms. The van der Waals surface area contributed by atoms with Gasteiger partial charge in [0, 0.05) is 5.46 Å². The topological polar surface area (TPSA) is 40.5 Å². The molecule has 2 aromatic rings.